The SMILES string of the molecule is CC(C)(C)c1ccc(-c2nc3sc(=Cc4ccc(-c5ccc(Cl)c(Cl)c5)o4)c(=O)n3n2)cc1. The summed E-state index contributed by atoms with van der Waals surface area (Å²) in [6.45, 7) is 6.50. The summed E-state index contributed by atoms with van der Waals surface area (Å²) < 4.78 is 7.72. The zero-order chi connectivity index (χ0) is 23.3. The largest absolute Gasteiger partial charge is 0.457 e. The van der Waals surface area contributed by atoms with Gasteiger partial charge in [-0.15, -0.1) is 5.10 Å². The second-order valence-electron chi connectivity index (χ2n) is 8.70. The molecule has 33 heavy (non-hydrogen) atoms. The average Bonchev–Trinajstić information content (AvgIpc) is 3.47. The van der Waals surface area contributed by atoms with E-state index in [9.17, 15) is 4.79 Å². The zero-order valence-electron chi connectivity index (χ0n) is 18.1. The number of hydrogen-bond acceptors (Lipinski definition) is 5. The number of rotatable bonds is 3. The summed E-state index contributed by atoms with van der Waals surface area (Å²) in [6, 6.07) is 17.0. The molecule has 0 atom stereocenters. The third kappa shape index (κ3) is 4.22. The fraction of sp³-hybridized carbons (Fsp3) is 0.160. The summed E-state index contributed by atoms with van der Waals surface area (Å²) in [5, 5.41) is 5.36. The molecule has 0 bridgehead atoms. The molecule has 0 spiro atoms. The molecule has 5 rings (SSSR count). The van der Waals surface area contributed by atoms with Gasteiger partial charge in [0.2, 0.25) is 4.96 Å². The van der Waals surface area contributed by atoms with Crippen molar-refractivity contribution < 1.29 is 4.42 Å². The number of aromatic nitrogens is 3. The van der Waals surface area contributed by atoms with Crippen LogP contribution in [0.1, 0.15) is 32.1 Å². The Balaban J connectivity index is 1.46. The lowest BCUT2D eigenvalue weighted by molar-refractivity contribution is 0.571. The van der Waals surface area contributed by atoms with Crippen molar-refractivity contribution in [1.82, 2.24) is 14.6 Å². The van der Waals surface area contributed by atoms with Gasteiger partial charge in [-0.2, -0.15) is 9.50 Å². The number of benzene rings is 2. The first-order valence-electron chi connectivity index (χ1n) is 10.3. The van der Waals surface area contributed by atoms with Crippen LogP contribution < -0.4 is 10.1 Å². The summed E-state index contributed by atoms with van der Waals surface area (Å²) >= 11 is 13.4. The first-order valence-corrected chi connectivity index (χ1v) is 11.8. The van der Waals surface area contributed by atoms with Gasteiger partial charge in [-0.05, 0) is 41.3 Å². The van der Waals surface area contributed by atoms with E-state index in [1.807, 2.05) is 24.3 Å². The lowest BCUT2D eigenvalue weighted by Gasteiger charge is -2.18. The van der Waals surface area contributed by atoms with Gasteiger partial charge in [-0.25, -0.2) is 0 Å². The summed E-state index contributed by atoms with van der Waals surface area (Å²) in [5.41, 5.74) is 2.75. The van der Waals surface area contributed by atoms with E-state index >= 15 is 0 Å². The molecule has 166 valence electrons. The molecule has 0 aliphatic rings. The smallest absolute Gasteiger partial charge is 0.291 e. The van der Waals surface area contributed by atoms with Crippen molar-refractivity contribution >= 4 is 45.6 Å². The van der Waals surface area contributed by atoms with Gasteiger partial charge >= 0.3 is 0 Å². The van der Waals surface area contributed by atoms with Crippen LogP contribution in [-0.4, -0.2) is 14.6 Å². The molecule has 0 saturated carbocycles. The zero-order valence-corrected chi connectivity index (χ0v) is 20.4. The molecular formula is C25H19Cl2N3O2S. The van der Waals surface area contributed by atoms with Gasteiger partial charge < -0.3 is 4.42 Å². The Kier molecular flexibility index (Phi) is 5.40. The first kappa shape index (κ1) is 21.9. The van der Waals surface area contributed by atoms with Crippen LogP contribution in [0.2, 0.25) is 10.0 Å². The van der Waals surface area contributed by atoms with Gasteiger partial charge in [0.05, 0.1) is 10.0 Å². The van der Waals surface area contributed by atoms with Crippen LogP contribution >= 0.6 is 34.5 Å². The van der Waals surface area contributed by atoms with Crippen LogP contribution in [0.4, 0.5) is 0 Å². The Morgan fingerprint density at radius 1 is 0.970 bits per heavy atom. The van der Waals surface area contributed by atoms with Crippen LogP contribution in [0.15, 0.2) is 63.8 Å². The third-order valence-electron chi connectivity index (χ3n) is 5.30. The van der Waals surface area contributed by atoms with Crippen LogP contribution in [0.5, 0.6) is 0 Å². The number of thiazole rings is 1. The maximum absolute atomic E-state index is 12.9. The number of furan rings is 1. The van der Waals surface area contributed by atoms with Gasteiger partial charge in [-0.1, -0.05) is 79.6 Å². The molecule has 5 nitrogen and oxygen atoms in total. The van der Waals surface area contributed by atoms with Crippen molar-refractivity contribution in [3.63, 3.8) is 0 Å². The Morgan fingerprint density at radius 3 is 2.36 bits per heavy atom. The average molecular weight is 496 g/mol. The van der Waals surface area contributed by atoms with E-state index < -0.39 is 0 Å². The predicted molar refractivity (Wildman–Crippen MR) is 134 cm³/mol. The molecule has 0 radical (unpaired) electrons. The molecule has 0 saturated heterocycles. The van der Waals surface area contributed by atoms with Gasteiger partial charge in [0.25, 0.3) is 5.56 Å². The standard InChI is InChI=1S/C25H19Cl2N3O2S/c1-25(2,3)16-7-4-14(5-8-16)22-28-24-30(29-22)23(31)21(33-24)13-17-9-11-20(32-17)15-6-10-18(26)19(27)12-15/h4-13H,1-3H3. The lowest BCUT2D eigenvalue weighted by atomic mass is 9.87. The molecule has 0 aliphatic carbocycles. The van der Waals surface area contributed by atoms with E-state index in [4.69, 9.17) is 27.6 Å². The lowest BCUT2D eigenvalue weighted by Crippen LogP contribution is -2.23. The molecule has 0 unspecified atom stereocenters. The van der Waals surface area contributed by atoms with Crippen molar-refractivity contribution in [2.45, 2.75) is 26.2 Å². The minimum Gasteiger partial charge on any atom is -0.457 e. The Hall–Kier alpha value is -2.93. The van der Waals surface area contributed by atoms with Crippen LogP contribution in [0.3, 0.4) is 0 Å². The normalized spacial score (nSPS) is 12.7. The minimum atomic E-state index is -0.229. The number of halogens is 2. The highest BCUT2D eigenvalue weighted by atomic mass is 35.5. The minimum absolute atomic E-state index is 0.0684. The number of fused-ring (bicyclic) bond motifs is 1. The quantitative estimate of drug-likeness (QED) is 0.297. The fourth-order valence-electron chi connectivity index (χ4n) is 3.44. The molecule has 2 aromatic carbocycles. The van der Waals surface area contributed by atoms with E-state index in [-0.39, 0.29) is 11.0 Å². The van der Waals surface area contributed by atoms with Crippen LogP contribution in [0, 0.1) is 0 Å². The maximum atomic E-state index is 12.9. The summed E-state index contributed by atoms with van der Waals surface area (Å²) in [7, 11) is 0. The topological polar surface area (TPSA) is 60.4 Å². The predicted octanol–water partition coefficient (Wildman–Crippen LogP) is 6.23. The summed E-state index contributed by atoms with van der Waals surface area (Å²) in [6.07, 6.45) is 1.70. The molecule has 8 heteroatoms. The Morgan fingerprint density at radius 2 is 1.70 bits per heavy atom. The highest BCUT2D eigenvalue weighted by Crippen LogP contribution is 2.30. The highest BCUT2D eigenvalue weighted by Gasteiger charge is 2.16. The van der Waals surface area contributed by atoms with Crippen molar-refractivity contribution in [3.05, 3.63) is 90.9 Å². The maximum Gasteiger partial charge on any atom is 0.291 e. The molecule has 3 heterocycles. The van der Waals surface area contributed by atoms with Crippen molar-refractivity contribution in [1.29, 1.82) is 0 Å². The molecule has 3 aromatic heterocycles. The first-order chi connectivity index (χ1) is 15.7. The molecular weight excluding hydrogens is 477 g/mol. The second-order valence-corrected chi connectivity index (χ2v) is 10.5. The van der Waals surface area contributed by atoms with Crippen LogP contribution in [-0.2, 0) is 5.41 Å². The van der Waals surface area contributed by atoms with E-state index in [0.717, 1.165) is 11.1 Å². The van der Waals surface area contributed by atoms with Crippen molar-refractivity contribution in [2.24, 2.45) is 0 Å². The van der Waals surface area contributed by atoms with E-state index in [1.165, 1.54) is 21.4 Å². The molecule has 0 amide bonds. The van der Waals surface area contributed by atoms with E-state index in [0.29, 0.717) is 36.9 Å². The van der Waals surface area contributed by atoms with Crippen LogP contribution in [0.25, 0.3) is 33.7 Å². The second kappa shape index (κ2) is 8.13. The Labute approximate surface area is 203 Å². The molecule has 5 aromatic rings. The van der Waals surface area contributed by atoms with E-state index in [2.05, 4.69) is 43.0 Å². The summed E-state index contributed by atoms with van der Waals surface area (Å²) in [5.74, 6) is 1.72. The summed E-state index contributed by atoms with van der Waals surface area (Å²) in [4.78, 5) is 18.0. The molecule has 0 aliphatic heterocycles. The monoisotopic (exact) mass is 495 g/mol. The number of nitrogens with zero attached hydrogens (tertiary/aromatic N) is 3. The Bertz CT molecular complexity index is 1590. The fourth-order valence-corrected chi connectivity index (χ4v) is 4.63. The van der Waals surface area contributed by atoms with Gasteiger partial charge in [-0.3, -0.25) is 4.79 Å². The molecule has 0 N–H and O–H groups in total. The van der Waals surface area contributed by atoms with Gasteiger partial charge in [0.1, 0.15) is 16.1 Å². The van der Waals surface area contributed by atoms with Gasteiger partial charge in [0, 0.05) is 17.2 Å². The number of hydrogen-bond donors (Lipinski definition) is 0. The highest BCUT2D eigenvalue weighted by molar-refractivity contribution is 7.15. The van der Waals surface area contributed by atoms with Crippen molar-refractivity contribution in [2.75, 3.05) is 0 Å². The third-order valence-corrected chi connectivity index (χ3v) is 6.99. The molecule has 0 fully saturated rings. The van der Waals surface area contributed by atoms with Gasteiger partial charge in [0.15, 0.2) is 5.82 Å². The van der Waals surface area contributed by atoms with Crippen molar-refractivity contribution in [3.8, 4) is 22.7 Å². The van der Waals surface area contributed by atoms with E-state index in [1.54, 1.807) is 24.3 Å².